The van der Waals surface area contributed by atoms with Gasteiger partial charge in [-0.1, -0.05) is 19.1 Å². The van der Waals surface area contributed by atoms with E-state index in [9.17, 15) is 4.79 Å². The summed E-state index contributed by atoms with van der Waals surface area (Å²) in [6.07, 6.45) is 1.55. The lowest BCUT2D eigenvalue weighted by Crippen LogP contribution is -2.27. The Morgan fingerprint density at radius 1 is 1.60 bits per heavy atom. The Kier molecular flexibility index (Phi) is 2.62. The molecule has 1 aromatic carbocycles. The number of carboxylic acids is 1. The van der Waals surface area contributed by atoms with E-state index in [0.717, 1.165) is 17.7 Å². The van der Waals surface area contributed by atoms with Gasteiger partial charge in [-0.2, -0.15) is 0 Å². The van der Waals surface area contributed by atoms with Gasteiger partial charge in [0.15, 0.2) is 0 Å². The maximum atomic E-state index is 10.8. The second-order valence-electron chi connectivity index (χ2n) is 3.85. The van der Waals surface area contributed by atoms with E-state index < -0.39 is 11.9 Å². The lowest BCUT2D eigenvalue weighted by atomic mass is 9.95. The van der Waals surface area contributed by atoms with Crippen LogP contribution in [0.3, 0.4) is 0 Å². The summed E-state index contributed by atoms with van der Waals surface area (Å²) in [5.74, 6) is -0.322. The van der Waals surface area contributed by atoms with Gasteiger partial charge >= 0.3 is 5.97 Å². The fourth-order valence-electron chi connectivity index (χ4n) is 1.80. The molecule has 1 N–H and O–H groups in total. The number of aryl methyl sites for hydroxylation is 1. The predicted octanol–water partition coefficient (Wildman–Crippen LogP) is 1.88. The molecule has 1 heterocycles. The number of hydrogen-bond acceptors (Lipinski definition) is 2. The van der Waals surface area contributed by atoms with Gasteiger partial charge in [0.1, 0.15) is 12.4 Å². The van der Waals surface area contributed by atoms with Gasteiger partial charge in [-0.3, -0.25) is 4.79 Å². The Morgan fingerprint density at radius 2 is 2.40 bits per heavy atom. The molecule has 0 fully saturated rings. The number of carboxylic acid groups (broad SMARTS) is 1. The molecule has 2 rings (SSSR count). The van der Waals surface area contributed by atoms with Crippen LogP contribution in [-0.2, 0) is 17.6 Å². The van der Waals surface area contributed by atoms with Crippen LogP contribution in [0.15, 0.2) is 18.2 Å². The maximum Gasteiger partial charge on any atom is 0.310 e. The maximum absolute atomic E-state index is 10.8. The molecule has 1 aliphatic rings. The van der Waals surface area contributed by atoms with Crippen LogP contribution in [0.5, 0.6) is 5.75 Å². The summed E-state index contributed by atoms with van der Waals surface area (Å²) in [6, 6.07) is 6.02. The van der Waals surface area contributed by atoms with Crippen molar-refractivity contribution in [2.45, 2.75) is 19.8 Å². The van der Waals surface area contributed by atoms with Crippen LogP contribution in [0.2, 0.25) is 0 Å². The molecule has 0 radical (unpaired) electrons. The van der Waals surface area contributed by atoms with Crippen LogP contribution in [0.25, 0.3) is 0 Å². The third kappa shape index (κ3) is 1.96. The molecular weight excluding hydrogens is 192 g/mol. The minimum Gasteiger partial charge on any atom is -0.492 e. The van der Waals surface area contributed by atoms with Gasteiger partial charge < -0.3 is 9.84 Å². The smallest absolute Gasteiger partial charge is 0.310 e. The van der Waals surface area contributed by atoms with Crippen LogP contribution in [0.4, 0.5) is 0 Å². The van der Waals surface area contributed by atoms with Crippen molar-refractivity contribution in [3.05, 3.63) is 29.3 Å². The molecule has 3 nitrogen and oxygen atoms in total. The molecule has 0 unspecified atom stereocenters. The van der Waals surface area contributed by atoms with E-state index in [0.29, 0.717) is 6.42 Å². The molecule has 15 heavy (non-hydrogen) atoms. The van der Waals surface area contributed by atoms with Crippen molar-refractivity contribution in [3.8, 4) is 5.75 Å². The van der Waals surface area contributed by atoms with E-state index in [-0.39, 0.29) is 6.61 Å². The minimum atomic E-state index is -0.778. The van der Waals surface area contributed by atoms with E-state index >= 15 is 0 Å². The van der Waals surface area contributed by atoms with Gasteiger partial charge in [-0.15, -0.1) is 0 Å². The average molecular weight is 206 g/mol. The third-order valence-corrected chi connectivity index (χ3v) is 2.80. The summed E-state index contributed by atoms with van der Waals surface area (Å²) in [4.78, 5) is 10.8. The first-order valence-electron chi connectivity index (χ1n) is 5.18. The molecular formula is C12H14O3. The zero-order valence-electron chi connectivity index (χ0n) is 8.69. The number of benzene rings is 1. The fraction of sp³-hybridized carbons (Fsp3) is 0.417. The molecule has 80 valence electrons. The monoisotopic (exact) mass is 206 g/mol. The largest absolute Gasteiger partial charge is 0.492 e. The molecule has 0 aromatic heterocycles. The third-order valence-electron chi connectivity index (χ3n) is 2.80. The first-order valence-corrected chi connectivity index (χ1v) is 5.18. The Balaban J connectivity index is 2.24. The van der Waals surface area contributed by atoms with Gasteiger partial charge in [0.25, 0.3) is 0 Å². The first-order chi connectivity index (χ1) is 7.20. The lowest BCUT2D eigenvalue weighted by molar-refractivity contribution is -0.143. The van der Waals surface area contributed by atoms with E-state index in [1.165, 1.54) is 5.56 Å². The average Bonchev–Trinajstić information content (AvgIpc) is 2.27. The number of hydrogen-bond donors (Lipinski definition) is 1. The summed E-state index contributed by atoms with van der Waals surface area (Å²) in [7, 11) is 0. The summed E-state index contributed by atoms with van der Waals surface area (Å²) < 4.78 is 5.46. The van der Waals surface area contributed by atoms with Gasteiger partial charge in [-0.25, -0.2) is 0 Å². The molecule has 0 spiro atoms. The Morgan fingerprint density at radius 3 is 3.07 bits per heavy atom. The molecule has 1 atom stereocenters. The summed E-state index contributed by atoms with van der Waals surface area (Å²) >= 11 is 0. The van der Waals surface area contributed by atoms with Crippen molar-refractivity contribution in [3.63, 3.8) is 0 Å². The van der Waals surface area contributed by atoms with E-state index in [2.05, 4.69) is 6.92 Å². The van der Waals surface area contributed by atoms with E-state index in [4.69, 9.17) is 9.84 Å². The van der Waals surface area contributed by atoms with Crippen molar-refractivity contribution in [2.24, 2.45) is 5.92 Å². The van der Waals surface area contributed by atoms with Crippen molar-refractivity contribution < 1.29 is 14.6 Å². The molecule has 0 amide bonds. The zero-order valence-corrected chi connectivity index (χ0v) is 8.69. The SMILES string of the molecule is CCc1ccc2c(c1)OC[C@@H](C(=O)O)C2. The molecule has 0 bridgehead atoms. The predicted molar refractivity (Wildman–Crippen MR) is 56.1 cm³/mol. The van der Waals surface area contributed by atoms with Gasteiger partial charge in [0.2, 0.25) is 0 Å². The molecule has 3 heteroatoms. The lowest BCUT2D eigenvalue weighted by Gasteiger charge is -2.22. The number of carbonyl (C=O) groups is 1. The summed E-state index contributed by atoms with van der Waals surface area (Å²) in [5.41, 5.74) is 2.23. The number of rotatable bonds is 2. The van der Waals surface area contributed by atoms with E-state index in [1.54, 1.807) is 0 Å². The molecule has 1 aliphatic heterocycles. The minimum absolute atomic E-state index is 0.287. The number of aliphatic carboxylic acids is 1. The highest BCUT2D eigenvalue weighted by Crippen LogP contribution is 2.28. The normalized spacial score (nSPS) is 19.1. The topological polar surface area (TPSA) is 46.5 Å². The summed E-state index contributed by atoms with van der Waals surface area (Å²) in [5, 5.41) is 8.88. The Labute approximate surface area is 88.7 Å². The Bertz CT molecular complexity index is 384. The quantitative estimate of drug-likeness (QED) is 0.803. The summed E-state index contributed by atoms with van der Waals surface area (Å²) in [6.45, 7) is 2.38. The Hall–Kier alpha value is -1.51. The van der Waals surface area contributed by atoms with Crippen LogP contribution in [0.1, 0.15) is 18.1 Å². The number of ether oxygens (including phenoxy) is 1. The van der Waals surface area contributed by atoms with Crippen molar-refractivity contribution in [1.29, 1.82) is 0 Å². The molecule has 0 aliphatic carbocycles. The van der Waals surface area contributed by atoms with Crippen molar-refractivity contribution >= 4 is 5.97 Å². The van der Waals surface area contributed by atoms with Crippen LogP contribution in [0, 0.1) is 5.92 Å². The van der Waals surface area contributed by atoms with E-state index in [1.807, 2.05) is 18.2 Å². The molecule has 1 aromatic rings. The second kappa shape index (κ2) is 3.93. The highest BCUT2D eigenvalue weighted by molar-refractivity contribution is 5.71. The highest BCUT2D eigenvalue weighted by Gasteiger charge is 2.25. The van der Waals surface area contributed by atoms with Gasteiger partial charge in [-0.05, 0) is 30.0 Å². The molecule has 0 saturated heterocycles. The first kappa shape index (κ1) is 10.0. The number of fused-ring (bicyclic) bond motifs is 1. The van der Waals surface area contributed by atoms with Gasteiger partial charge in [0, 0.05) is 0 Å². The van der Waals surface area contributed by atoms with Crippen LogP contribution < -0.4 is 4.74 Å². The van der Waals surface area contributed by atoms with Crippen molar-refractivity contribution in [2.75, 3.05) is 6.61 Å². The second-order valence-corrected chi connectivity index (χ2v) is 3.85. The highest BCUT2D eigenvalue weighted by atomic mass is 16.5. The van der Waals surface area contributed by atoms with Crippen LogP contribution >= 0.6 is 0 Å². The zero-order chi connectivity index (χ0) is 10.8. The standard InChI is InChI=1S/C12H14O3/c1-2-8-3-4-9-6-10(12(13)14)7-15-11(9)5-8/h3-5,10H,2,6-7H2,1H3,(H,13,14)/t10-/m0/s1. The van der Waals surface area contributed by atoms with Crippen molar-refractivity contribution in [1.82, 2.24) is 0 Å². The van der Waals surface area contributed by atoms with Crippen LogP contribution in [-0.4, -0.2) is 17.7 Å². The fourth-order valence-corrected chi connectivity index (χ4v) is 1.80. The molecule has 0 saturated carbocycles. The van der Waals surface area contributed by atoms with Gasteiger partial charge in [0.05, 0.1) is 5.92 Å².